The Morgan fingerprint density at radius 1 is 1.06 bits per heavy atom. The van der Waals surface area contributed by atoms with Gasteiger partial charge in [-0.1, -0.05) is 18.2 Å². The Labute approximate surface area is 193 Å². The van der Waals surface area contributed by atoms with Crippen LogP contribution in [0.15, 0.2) is 72.1 Å². The molecular weight excluding hydrogens is 447 g/mol. The van der Waals surface area contributed by atoms with Crippen LogP contribution < -0.4 is 15.8 Å². The summed E-state index contributed by atoms with van der Waals surface area (Å²) in [4.78, 5) is 12.5. The number of ether oxygens (including phenoxy) is 1. The summed E-state index contributed by atoms with van der Waals surface area (Å²) in [6.07, 6.45) is -1.53. The van der Waals surface area contributed by atoms with Gasteiger partial charge in [0.05, 0.1) is 12.7 Å². The minimum atomic E-state index is -4.53. The van der Waals surface area contributed by atoms with E-state index in [0.29, 0.717) is 22.9 Å². The summed E-state index contributed by atoms with van der Waals surface area (Å²) in [5.74, 6) is 1.10. The molecule has 0 aliphatic rings. The highest BCUT2D eigenvalue weighted by Crippen LogP contribution is 2.39. The molecule has 0 unspecified atom stereocenters. The van der Waals surface area contributed by atoms with Gasteiger partial charge in [0.1, 0.15) is 23.6 Å². The lowest BCUT2D eigenvalue weighted by molar-refractivity contribution is -0.137. The number of nitrogens with zero attached hydrogens (tertiary/aromatic N) is 5. The number of benzene rings is 2. The van der Waals surface area contributed by atoms with Gasteiger partial charge < -0.3 is 15.8 Å². The topological polar surface area (TPSA) is 103 Å². The molecule has 0 saturated carbocycles. The molecule has 0 bridgehead atoms. The first-order valence-electron chi connectivity index (χ1n) is 10.1. The van der Waals surface area contributed by atoms with Gasteiger partial charge in [0.2, 0.25) is 0 Å². The maximum Gasteiger partial charge on any atom is 0.417 e. The molecule has 3 N–H and O–H groups in total. The molecule has 4 aromatic rings. The normalized spacial score (nSPS) is 12.0. The number of halogens is 3. The molecule has 0 fully saturated rings. The Balaban J connectivity index is 1.65. The van der Waals surface area contributed by atoms with Crippen molar-refractivity contribution in [3.8, 4) is 22.6 Å². The van der Waals surface area contributed by atoms with Gasteiger partial charge in [-0.2, -0.15) is 23.3 Å². The summed E-state index contributed by atoms with van der Waals surface area (Å²) in [6, 6.07) is 13.5. The number of guanidine groups is 1. The van der Waals surface area contributed by atoms with Crippen molar-refractivity contribution in [3.63, 3.8) is 0 Å². The largest absolute Gasteiger partial charge is 0.494 e. The number of rotatable bonds is 5. The van der Waals surface area contributed by atoms with E-state index in [9.17, 15) is 13.2 Å². The Kier molecular flexibility index (Phi) is 6.17. The molecule has 4 rings (SSSR count). The van der Waals surface area contributed by atoms with Gasteiger partial charge in [-0.3, -0.25) is 0 Å². The third kappa shape index (κ3) is 4.82. The number of nitrogens with one attached hydrogen (secondary N) is 1. The van der Waals surface area contributed by atoms with Gasteiger partial charge in [-0.15, -0.1) is 0 Å². The summed E-state index contributed by atoms with van der Waals surface area (Å²) >= 11 is 0. The highest BCUT2D eigenvalue weighted by molar-refractivity contribution is 5.95. The first-order valence-corrected chi connectivity index (χ1v) is 10.1. The number of methoxy groups -OCH3 is 1. The Morgan fingerprint density at radius 3 is 2.53 bits per heavy atom. The number of aromatic nitrogens is 4. The highest BCUT2D eigenvalue weighted by atomic mass is 19.4. The van der Waals surface area contributed by atoms with E-state index in [0.717, 1.165) is 6.07 Å². The molecule has 0 saturated heterocycles. The number of aryl methyl sites for hydroxylation is 1. The van der Waals surface area contributed by atoms with E-state index >= 15 is 0 Å². The lowest BCUT2D eigenvalue weighted by atomic mass is 10.00. The standard InChI is InChI=1S/C23H20F3N7O/c1-14-29-13-33(32-14)19-10-9-15(12-20(19)34-2)30-22(27)31-21-17(7-5-11-28-21)16-6-3-4-8-18(16)23(24,25)26/h3-13H,1-2H3,(H3,27,28,30,31). The van der Waals surface area contributed by atoms with E-state index in [1.54, 1.807) is 42.2 Å². The van der Waals surface area contributed by atoms with E-state index < -0.39 is 11.7 Å². The fourth-order valence-corrected chi connectivity index (χ4v) is 3.36. The van der Waals surface area contributed by atoms with Crippen LogP contribution in [0.1, 0.15) is 11.4 Å². The zero-order valence-electron chi connectivity index (χ0n) is 18.2. The number of nitrogens with two attached hydrogens (primary N) is 1. The number of aliphatic imine (C=N–C) groups is 1. The molecular formula is C23H20F3N7O. The van der Waals surface area contributed by atoms with Gasteiger partial charge >= 0.3 is 6.18 Å². The van der Waals surface area contributed by atoms with Crippen molar-refractivity contribution in [1.29, 1.82) is 0 Å². The minimum Gasteiger partial charge on any atom is -0.494 e. The quantitative estimate of drug-likeness (QED) is 0.325. The van der Waals surface area contributed by atoms with Crippen molar-refractivity contribution in [3.05, 3.63) is 78.5 Å². The van der Waals surface area contributed by atoms with Crippen molar-refractivity contribution in [2.45, 2.75) is 13.1 Å². The van der Waals surface area contributed by atoms with Crippen LogP contribution in [0.4, 0.5) is 24.7 Å². The van der Waals surface area contributed by atoms with Crippen molar-refractivity contribution in [2.24, 2.45) is 10.7 Å². The van der Waals surface area contributed by atoms with Crippen LogP contribution in [0.5, 0.6) is 5.75 Å². The monoisotopic (exact) mass is 467 g/mol. The molecule has 8 nitrogen and oxygen atoms in total. The number of hydrogen-bond donors (Lipinski definition) is 2. The van der Waals surface area contributed by atoms with Crippen LogP contribution in [-0.2, 0) is 6.18 Å². The first kappa shape index (κ1) is 22.8. The van der Waals surface area contributed by atoms with Crippen LogP contribution in [0.25, 0.3) is 16.8 Å². The average molecular weight is 467 g/mol. The van der Waals surface area contributed by atoms with Gasteiger partial charge in [0.15, 0.2) is 11.8 Å². The second kappa shape index (κ2) is 9.22. The predicted octanol–water partition coefficient (Wildman–Crippen LogP) is 4.72. The first-order chi connectivity index (χ1) is 16.3. The summed E-state index contributed by atoms with van der Waals surface area (Å²) in [7, 11) is 1.52. The summed E-state index contributed by atoms with van der Waals surface area (Å²) in [5.41, 5.74) is 6.66. The van der Waals surface area contributed by atoms with E-state index in [1.807, 2.05) is 0 Å². The van der Waals surface area contributed by atoms with E-state index in [-0.39, 0.29) is 22.9 Å². The molecule has 0 atom stereocenters. The molecule has 2 aromatic carbocycles. The Morgan fingerprint density at radius 2 is 1.82 bits per heavy atom. The maximum absolute atomic E-state index is 13.5. The maximum atomic E-state index is 13.5. The number of alkyl halides is 3. The zero-order chi connectivity index (χ0) is 24.3. The summed E-state index contributed by atoms with van der Waals surface area (Å²) in [5, 5.41) is 7.18. The summed E-state index contributed by atoms with van der Waals surface area (Å²) < 4.78 is 47.6. The van der Waals surface area contributed by atoms with E-state index in [1.165, 1.54) is 37.6 Å². The average Bonchev–Trinajstić information content (AvgIpc) is 3.24. The second-order valence-corrected chi connectivity index (χ2v) is 7.16. The molecule has 2 aromatic heterocycles. The van der Waals surface area contributed by atoms with Crippen molar-refractivity contribution in [2.75, 3.05) is 12.4 Å². The van der Waals surface area contributed by atoms with Crippen LogP contribution in [0, 0.1) is 6.92 Å². The Bertz CT molecular complexity index is 1350. The fourth-order valence-electron chi connectivity index (χ4n) is 3.36. The second-order valence-electron chi connectivity index (χ2n) is 7.16. The number of hydrogen-bond acceptors (Lipinski definition) is 5. The molecule has 0 aliphatic heterocycles. The molecule has 0 amide bonds. The van der Waals surface area contributed by atoms with E-state index in [2.05, 4.69) is 25.4 Å². The van der Waals surface area contributed by atoms with Crippen molar-refractivity contribution < 1.29 is 17.9 Å². The predicted molar refractivity (Wildman–Crippen MR) is 122 cm³/mol. The fraction of sp³-hybridized carbons (Fsp3) is 0.130. The third-order valence-electron chi connectivity index (χ3n) is 4.84. The van der Waals surface area contributed by atoms with Crippen LogP contribution in [0.3, 0.4) is 0 Å². The van der Waals surface area contributed by atoms with Crippen LogP contribution >= 0.6 is 0 Å². The van der Waals surface area contributed by atoms with Gasteiger partial charge in [-0.25, -0.2) is 14.6 Å². The van der Waals surface area contributed by atoms with Gasteiger partial charge in [0, 0.05) is 23.5 Å². The lowest BCUT2D eigenvalue weighted by Gasteiger charge is -2.14. The minimum absolute atomic E-state index is 0.0382. The zero-order valence-corrected chi connectivity index (χ0v) is 18.2. The van der Waals surface area contributed by atoms with E-state index in [4.69, 9.17) is 10.5 Å². The molecule has 11 heteroatoms. The molecule has 0 radical (unpaired) electrons. The molecule has 174 valence electrons. The highest BCUT2D eigenvalue weighted by Gasteiger charge is 2.33. The van der Waals surface area contributed by atoms with Crippen LogP contribution in [0.2, 0.25) is 0 Å². The van der Waals surface area contributed by atoms with Gasteiger partial charge in [-0.05, 0) is 42.8 Å². The molecule has 2 heterocycles. The smallest absolute Gasteiger partial charge is 0.417 e. The Hall–Kier alpha value is -4.41. The molecule has 0 aliphatic carbocycles. The van der Waals surface area contributed by atoms with Crippen molar-refractivity contribution in [1.82, 2.24) is 19.7 Å². The van der Waals surface area contributed by atoms with Crippen LogP contribution in [-0.4, -0.2) is 32.8 Å². The SMILES string of the molecule is COc1cc(N/C(N)=N/c2ncccc2-c2ccccc2C(F)(F)F)ccc1-n1cnc(C)n1. The summed E-state index contributed by atoms with van der Waals surface area (Å²) in [6.45, 7) is 1.77. The van der Waals surface area contributed by atoms with Gasteiger partial charge in [0.25, 0.3) is 0 Å². The third-order valence-corrected chi connectivity index (χ3v) is 4.84. The lowest BCUT2D eigenvalue weighted by Crippen LogP contribution is -2.22. The molecule has 0 spiro atoms. The number of anilines is 1. The van der Waals surface area contributed by atoms with Crippen molar-refractivity contribution >= 4 is 17.5 Å². The number of pyridine rings is 1. The molecule has 34 heavy (non-hydrogen) atoms.